The molecule has 1 aromatic carbocycles. The Morgan fingerprint density at radius 2 is 2.02 bits per heavy atom. The first-order chi connectivity index (χ1) is 19.8. The van der Waals surface area contributed by atoms with Crippen LogP contribution in [0.15, 0.2) is 48.8 Å². The highest BCUT2D eigenvalue weighted by molar-refractivity contribution is 7.52. The Labute approximate surface area is 243 Å². The average molecular weight is 603 g/mol. The lowest BCUT2D eigenvalue weighted by Gasteiger charge is -2.27. The van der Waals surface area contributed by atoms with Crippen LogP contribution >= 0.6 is 7.75 Å². The number of nitrogen functional groups attached to an aromatic ring is 1. The Hall–Kier alpha value is -3.57. The molecule has 1 fully saturated rings. The quantitative estimate of drug-likeness (QED) is 0.135. The summed E-state index contributed by atoms with van der Waals surface area (Å²) in [5, 5.41) is 28.6. The summed E-state index contributed by atoms with van der Waals surface area (Å²) in [7, 11) is -4.41. The van der Waals surface area contributed by atoms with E-state index in [1.165, 1.54) is 29.9 Å². The van der Waals surface area contributed by atoms with E-state index in [4.69, 9.17) is 30.8 Å². The van der Waals surface area contributed by atoms with Crippen molar-refractivity contribution < 1.29 is 38.1 Å². The third-order valence-electron chi connectivity index (χ3n) is 7.10. The van der Waals surface area contributed by atoms with Gasteiger partial charge in [-0.3, -0.25) is 18.9 Å². The molecule has 0 unspecified atom stereocenters. The zero-order chi connectivity index (χ0) is 30.7. The highest BCUT2D eigenvalue weighted by atomic mass is 31.2. The summed E-state index contributed by atoms with van der Waals surface area (Å²) < 4.78 is 38.0. The minimum absolute atomic E-state index is 0.143. The Morgan fingerprint density at radius 3 is 2.69 bits per heavy atom. The van der Waals surface area contributed by atoms with Crippen molar-refractivity contribution >= 4 is 25.1 Å². The number of anilines is 1. The monoisotopic (exact) mass is 602 g/mol. The predicted molar refractivity (Wildman–Crippen MR) is 151 cm³/mol. The normalized spacial score (nSPS) is 24.5. The number of aliphatic hydroxyl groups excluding tert-OH is 2. The van der Waals surface area contributed by atoms with Crippen molar-refractivity contribution in [2.75, 3.05) is 18.9 Å². The molecular formula is C27H35N6O8P. The smallest absolute Gasteiger partial charge is 0.459 e. The molecule has 1 saturated heterocycles. The van der Waals surface area contributed by atoms with Crippen LogP contribution in [0.3, 0.4) is 0 Å². The Kier molecular flexibility index (Phi) is 9.22. The molecule has 3 aromatic rings. The summed E-state index contributed by atoms with van der Waals surface area (Å²) in [4.78, 5) is 20.1. The third-order valence-corrected chi connectivity index (χ3v) is 8.72. The Morgan fingerprint density at radius 1 is 1.31 bits per heavy atom. The fourth-order valence-corrected chi connectivity index (χ4v) is 5.64. The first-order valence-corrected chi connectivity index (χ1v) is 14.8. The van der Waals surface area contributed by atoms with Gasteiger partial charge in [0.15, 0.2) is 18.5 Å². The van der Waals surface area contributed by atoms with Gasteiger partial charge >= 0.3 is 19.4 Å². The molecule has 0 aliphatic carbocycles. The number of nitrogens with zero attached hydrogens (tertiary/aromatic N) is 4. The average Bonchev–Trinajstić information content (AvgIpc) is 3.51. The molecule has 4 rings (SSSR count). The molecule has 6 atom stereocenters. The van der Waals surface area contributed by atoms with Crippen molar-refractivity contribution in [3.8, 4) is 5.75 Å². The number of aliphatic hydroxyl groups is 2. The minimum Gasteiger partial charge on any atom is -0.464 e. The molecule has 0 amide bonds. The molecule has 0 radical (unpaired) electrons. The number of hydrogen-bond donors (Lipinski definition) is 4. The first-order valence-electron chi connectivity index (χ1n) is 13.3. The van der Waals surface area contributed by atoms with E-state index in [1.54, 1.807) is 30.3 Å². The van der Waals surface area contributed by atoms with Gasteiger partial charge in [0.1, 0.15) is 35.8 Å². The summed E-state index contributed by atoms with van der Waals surface area (Å²) in [6.07, 6.45) is -2.61. The van der Waals surface area contributed by atoms with Crippen molar-refractivity contribution in [2.45, 2.75) is 64.2 Å². The highest BCUT2D eigenvalue weighted by Crippen LogP contribution is 2.49. The molecule has 0 spiro atoms. The number of nitrogens with two attached hydrogens (primary N) is 1. The topological polar surface area (TPSA) is 184 Å². The zero-order valence-corrected chi connectivity index (χ0v) is 24.6. The molecule has 226 valence electrons. The van der Waals surface area contributed by atoms with Gasteiger partial charge in [0, 0.05) is 0 Å². The van der Waals surface area contributed by atoms with E-state index in [0.29, 0.717) is 11.2 Å². The second kappa shape index (κ2) is 12.3. The van der Waals surface area contributed by atoms with Gasteiger partial charge in [-0.2, -0.15) is 10.2 Å². The van der Waals surface area contributed by atoms with Crippen molar-refractivity contribution in [2.24, 2.45) is 5.41 Å². The van der Waals surface area contributed by atoms with E-state index in [-0.39, 0.29) is 23.6 Å². The zero-order valence-electron chi connectivity index (χ0n) is 23.7. The van der Waals surface area contributed by atoms with Gasteiger partial charge in [-0.15, -0.1) is 0 Å². The van der Waals surface area contributed by atoms with Gasteiger partial charge in [0.05, 0.1) is 12.3 Å². The minimum atomic E-state index is -4.41. The molecule has 1 aliphatic rings. The lowest BCUT2D eigenvalue weighted by atomic mass is 9.92. The molecular weight excluding hydrogens is 567 g/mol. The number of hydrogen-bond acceptors (Lipinski definition) is 11. The van der Waals surface area contributed by atoms with E-state index in [0.717, 1.165) is 6.42 Å². The standard InChI is InChI=1S/C27H35N6O8P/c1-6-26(3,4)14-38-25(36)17(2)32-42(37,41-18-10-8-7-9-11-18)39-15-27(29-5)23(35)21(34)22(40-27)19-12-13-20-24(28)30-16-31-33(19)20/h7-13,16-17,21-23,34-35H,6,14-15H2,1-4H3,(H,32,37)(H2,28,30,31)/t17-,21-,22-,23-,27+,42+/m0/s1. The first kappa shape index (κ1) is 31.4. The molecule has 2 aromatic heterocycles. The summed E-state index contributed by atoms with van der Waals surface area (Å²) in [6.45, 7) is 14.5. The van der Waals surface area contributed by atoms with E-state index in [9.17, 15) is 19.6 Å². The SMILES string of the molecule is [C-]#[N+][C@]1(CO[P@](=O)(N[C@@H](C)C(=O)OCC(C)(C)CC)Oc2ccccc2)O[C@@H](c2ccc3c(N)ncnn23)[C@H](O)[C@@H]1O. The van der Waals surface area contributed by atoms with Crippen LogP contribution in [0.1, 0.15) is 45.9 Å². The van der Waals surface area contributed by atoms with E-state index in [2.05, 4.69) is 20.0 Å². The lowest BCUT2D eigenvalue weighted by molar-refractivity contribution is -0.148. The van der Waals surface area contributed by atoms with Crippen LogP contribution in [0.4, 0.5) is 5.82 Å². The van der Waals surface area contributed by atoms with Crippen LogP contribution in [0.2, 0.25) is 0 Å². The molecule has 1 aliphatic heterocycles. The number of esters is 1. The fraction of sp³-hybridized carbons (Fsp3) is 0.481. The van der Waals surface area contributed by atoms with Gasteiger partial charge in [0.25, 0.3) is 0 Å². The van der Waals surface area contributed by atoms with Crippen molar-refractivity contribution in [3.05, 3.63) is 65.9 Å². The van der Waals surface area contributed by atoms with E-state index >= 15 is 0 Å². The van der Waals surface area contributed by atoms with E-state index in [1.807, 2.05) is 20.8 Å². The van der Waals surface area contributed by atoms with Gasteiger partial charge in [-0.1, -0.05) is 39.0 Å². The maximum atomic E-state index is 14.0. The molecule has 0 bridgehead atoms. The number of benzene rings is 1. The number of nitrogens with one attached hydrogen (secondary N) is 1. The molecule has 14 nitrogen and oxygen atoms in total. The van der Waals surface area contributed by atoms with Crippen molar-refractivity contribution in [1.29, 1.82) is 0 Å². The second-order valence-electron chi connectivity index (χ2n) is 10.8. The molecule has 0 saturated carbocycles. The van der Waals surface area contributed by atoms with Crippen LogP contribution in [-0.4, -0.2) is 68.0 Å². The van der Waals surface area contributed by atoms with Crippen LogP contribution < -0.4 is 15.3 Å². The summed E-state index contributed by atoms with van der Waals surface area (Å²) in [6, 6.07) is 10.1. The molecule has 3 heterocycles. The van der Waals surface area contributed by atoms with Crippen LogP contribution in [0.25, 0.3) is 10.4 Å². The fourth-order valence-electron chi connectivity index (χ4n) is 4.13. The molecule has 42 heavy (non-hydrogen) atoms. The number of rotatable bonds is 12. The Bertz CT molecular complexity index is 1490. The van der Waals surface area contributed by atoms with Crippen LogP contribution in [0.5, 0.6) is 5.75 Å². The van der Waals surface area contributed by atoms with Gasteiger partial charge < -0.3 is 25.2 Å². The maximum Gasteiger partial charge on any atom is 0.459 e. The van der Waals surface area contributed by atoms with Crippen LogP contribution in [0, 0.1) is 12.0 Å². The molecule has 15 heteroatoms. The van der Waals surface area contributed by atoms with Gasteiger partial charge in [-0.25, -0.2) is 20.6 Å². The number of para-hydroxylation sites is 1. The number of fused-ring (bicyclic) bond motifs is 1. The lowest BCUT2D eigenvalue weighted by Crippen LogP contribution is -2.45. The van der Waals surface area contributed by atoms with E-state index < -0.39 is 50.4 Å². The van der Waals surface area contributed by atoms with Crippen molar-refractivity contribution in [3.63, 3.8) is 0 Å². The number of carbonyl (C=O) groups excluding carboxylic acids is 1. The maximum absolute atomic E-state index is 14.0. The third kappa shape index (κ3) is 6.57. The number of aromatic nitrogens is 3. The van der Waals surface area contributed by atoms with Crippen molar-refractivity contribution in [1.82, 2.24) is 19.7 Å². The molecule has 5 N–H and O–H groups in total. The highest BCUT2D eigenvalue weighted by Gasteiger charge is 2.62. The summed E-state index contributed by atoms with van der Waals surface area (Å²) in [5.41, 5.74) is 4.18. The van der Waals surface area contributed by atoms with Gasteiger partial charge in [0.2, 0.25) is 0 Å². The largest absolute Gasteiger partial charge is 0.464 e. The number of ether oxygens (including phenoxy) is 2. The summed E-state index contributed by atoms with van der Waals surface area (Å²) >= 11 is 0. The predicted octanol–water partition coefficient (Wildman–Crippen LogP) is 2.88. The Balaban J connectivity index is 1.56. The number of carbonyl (C=O) groups is 1. The van der Waals surface area contributed by atoms with Gasteiger partial charge in [-0.05, 0) is 43.0 Å². The van der Waals surface area contributed by atoms with Crippen LogP contribution in [-0.2, 0) is 23.4 Å². The summed E-state index contributed by atoms with van der Waals surface area (Å²) in [5.74, 6) is -0.355. The second-order valence-corrected chi connectivity index (χ2v) is 12.5.